The summed E-state index contributed by atoms with van der Waals surface area (Å²) < 4.78 is 17.1. The molecule has 3 heteroatoms. The van der Waals surface area contributed by atoms with Crippen LogP contribution >= 0.6 is 8.03 Å². The third-order valence-corrected chi connectivity index (χ3v) is 3.43. The third-order valence-electron chi connectivity index (χ3n) is 2.22. The molecule has 2 aromatic rings. The molecule has 0 saturated heterocycles. The molecule has 1 unspecified atom stereocenters. The Kier molecular flexibility index (Phi) is 3.92. The van der Waals surface area contributed by atoms with Crippen LogP contribution in [0.5, 0.6) is 0 Å². The summed E-state index contributed by atoms with van der Waals surface area (Å²) in [6.07, 6.45) is 0. The van der Waals surface area contributed by atoms with Gasteiger partial charge in [-0.2, -0.15) is 0 Å². The maximum Gasteiger partial charge on any atom is 0.220 e. The van der Waals surface area contributed by atoms with E-state index in [1.54, 1.807) is 0 Å². The summed E-state index contributed by atoms with van der Waals surface area (Å²) in [6.45, 7) is 0.396. The van der Waals surface area contributed by atoms with Crippen molar-refractivity contribution < 1.29 is 9.09 Å². The third kappa shape index (κ3) is 3.06. The Balaban J connectivity index is 1.95. The minimum atomic E-state index is -2.11. The smallest absolute Gasteiger partial charge is 0.220 e. The monoisotopic (exact) mass is 232 g/mol. The van der Waals surface area contributed by atoms with Gasteiger partial charge >= 0.3 is 0 Å². The van der Waals surface area contributed by atoms with E-state index in [9.17, 15) is 4.57 Å². The molecule has 2 rings (SSSR count). The van der Waals surface area contributed by atoms with Crippen molar-refractivity contribution >= 4 is 13.3 Å². The van der Waals surface area contributed by atoms with Crippen LogP contribution in [-0.4, -0.2) is 0 Å². The van der Waals surface area contributed by atoms with E-state index < -0.39 is 8.03 Å². The molecule has 0 radical (unpaired) electrons. The SMILES string of the molecule is O=[PH](OCc1ccccc1)c1ccccc1. The summed E-state index contributed by atoms with van der Waals surface area (Å²) in [4.78, 5) is 0. The molecule has 0 saturated carbocycles. The molecule has 2 aromatic carbocycles. The Morgan fingerprint density at radius 1 is 0.875 bits per heavy atom. The zero-order valence-corrected chi connectivity index (χ0v) is 9.80. The molecule has 82 valence electrons. The Morgan fingerprint density at radius 3 is 2.06 bits per heavy atom. The molecule has 0 amide bonds. The van der Waals surface area contributed by atoms with Gasteiger partial charge in [0, 0.05) is 5.30 Å². The molecular weight excluding hydrogens is 219 g/mol. The van der Waals surface area contributed by atoms with Gasteiger partial charge in [-0.15, -0.1) is 0 Å². The van der Waals surface area contributed by atoms with Gasteiger partial charge in [-0.3, -0.25) is 4.57 Å². The summed E-state index contributed by atoms with van der Waals surface area (Å²) in [6, 6.07) is 19.0. The van der Waals surface area contributed by atoms with Crippen molar-refractivity contribution in [3.63, 3.8) is 0 Å². The summed E-state index contributed by atoms with van der Waals surface area (Å²) in [7, 11) is -2.11. The first-order chi connectivity index (χ1) is 7.86. The van der Waals surface area contributed by atoms with Gasteiger partial charge < -0.3 is 4.52 Å². The van der Waals surface area contributed by atoms with Gasteiger partial charge in [0.2, 0.25) is 8.03 Å². The average Bonchev–Trinajstić information content (AvgIpc) is 2.38. The maximum absolute atomic E-state index is 11.8. The first kappa shape index (κ1) is 11.1. The van der Waals surface area contributed by atoms with Crippen LogP contribution in [0.2, 0.25) is 0 Å². The second-order valence-corrected chi connectivity index (χ2v) is 4.87. The van der Waals surface area contributed by atoms with Gasteiger partial charge in [0.05, 0.1) is 6.61 Å². The van der Waals surface area contributed by atoms with Gasteiger partial charge in [-0.1, -0.05) is 48.5 Å². The lowest BCUT2D eigenvalue weighted by molar-refractivity contribution is 0.325. The summed E-state index contributed by atoms with van der Waals surface area (Å²) in [5, 5.41) is 0.767. The highest BCUT2D eigenvalue weighted by molar-refractivity contribution is 7.48. The lowest BCUT2D eigenvalue weighted by Gasteiger charge is -2.04. The van der Waals surface area contributed by atoms with Crippen LogP contribution in [0.3, 0.4) is 0 Å². The molecular formula is C13H13O2P. The van der Waals surface area contributed by atoms with Crippen LogP contribution in [0.1, 0.15) is 5.56 Å². The Hall–Kier alpha value is -1.37. The average molecular weight is 232 g/mol. The minimum absolute atomic E-state index is 0.396. The van der Waals surface area contributed by atoms with E-state index in [1.165, 1.54) is 0 Å². The number of hydrogen-bond acceptors (Lipinski definition) is 2. The predicted octanol–water partition coefficient (Wildman–Crippen LogP) is 3.00. The second-order valence-electron chi connectivity index (χ2n) is 3.43. The van der Waals surface area contributed by atoms with Crippen LogP contribution in [-0.2, 0) is 15.7 Å². The fourth-order valence-corrected chi connectivity index (χ4v) is 2.31. The summed E-state index contributed by atoms with van der Waals surface area (Å²) in [5.74, 6) is 0. The molecule has 2 nitrogen and oxygen atoms in total. The highest BCUT2D eigenvalue weighted by Gasteiger charge is 2.02. The quantitative estimate of drug-likeness (QED) is 0.757. The molecule has 0 N–H and O–H groups in total. The van der Waals surface area contributed by atoms with Crippen LogP contribution in [0, 0.1) is 0 Å². The van der Waals surface area contributed by atoms with Gasteiger partial charge in [-0.25, -0.2) is 0 Å². The first-order valence-electron chi connectivity index (χ1n) is 5.12. The van der Waals surface area contributed by atoms with E-state index in [1.807, 2.05) is 60.7 Å². The van der Waals surface area contributed by atoms with Gasteiger partial charge in [0.25, 0.3) is 0 Å². The highest BCUT2D eigenvalue weighted by Crippen LogP contribution is 2.23. The van der Waals surface area contributed by atoms with Crippen molar-refractivity contribution in [2.45, 2.75) is 6.61 Å². The molecule has 0 aromatic heterocycles. The topological polar surface area (TPSA) is 26.3 Å². The van der Waals surface area contributed by atoms with Crippen LogP contribution in [0.25, 0.3) is 0 Å². The van der Waals surface area contributed by atoms with Gasteiger partial charge in [0.1, 0.15) is 0 Å². The van der Waals surface area contributed by atoms with Crippen molar-refractivity contribution in [1.82, 2.24) is 0 Å². The normalized spacial score (nSPS) is 12.2. The van der Waals surface area contributed by atoms with Crippen LogP contribution in [0.4, 0.5) is 0 Å². The molecule has 0 bridgehead atoms. The highest BCUT2D eigenvalue weighted by atomic mass is 31.1. The zero-order chi connectivity index (χ0) is 11.2. The molecule has 0 fully saturated rings. The second kappa shape index (κ2) is 5.64. The largest absolute Gasteiger partial charge is 0.322 e. The van der Waals surface area contributed by atoms with E-state index in [4.69, 9.17) is 4.52 Å². The Morgan fingerprint density at radius 2 is 1.44 bits per heavy atom. The van der Waals surface area contributed by atoms with Crippen LogP contribution < -0.4 is 5.30 Å². The van der Waals surface area contributed by atoms with Crippen molar-refractivity contribution in [3.8, 4) is 0 Å². The van der Waals surface area contributed by atoms with Crippen molar-refractivity contribution in [3.05, 3.63) is 66.2 Å². The summed E-state index contributed by atoms with van der Waals surface area (Å²) >= 11 is 0. The van der Waals surface area contributed by atoms with Gasteiger partial charge in [0.15, 0.2) is 0 Å². The molecule has 0 aliphatic carbocycles. The standard InChI is InChI=1S/C13H13O2P/c14-16(13-9-5-2-6-10-13)15-11-12-7-3-1-4-8-12/h1-10,16H,11H2. The lowest BCUT2D eigenvalue weighted by atomic mass is 10.2. The lowest BCUT2D eigenvalue weighted by Crippen LogP contribution is -1.97. The zero-order valence-electron chi connectivity index (χ0n) is 8.80. The molecule has 16 heavy (non-hydrogen) atoms. The fraction of sp³-hybridized carbons (Fsp3) is 0.0769. The number of hydrogen-bond donors (Lipinski definition) is 0. The van der Waals surface area contributed by atoms with Crippen molar-refractivity contribution in [2.75, 3.05) is 0 Å². The Bertz CT molecular complexity index is 454. The van der Waals surface area contributed by atoms with Crippen molar-refractivity contribution in [2.24, 2.45) is 0 Å². The molecule has 0 aliphatic heterocycles. The van der Waals surface area contributed by atoms with E-state index in [2.05, 4.69) is 0 Å². The Labute approximate surface area is 95.8 Å². The maximum atomic E-state index is 11.8. The fourth-order valence-electron chi connectivity index (χ4n) is 1.38. The van der Waals surface area contributed by atoms with Gasteiger partial charge in [-0.05, 0) is 17.7 Å². The first-order valence-corrected chi connectivity index (χ1v) is 6.44. The molecule has 1 atom stereocenters. The van der Waals surface area contributed by atoms with E-state index in [0.717, 1.165) is 10.9 Å². The van der Waals surface area contributed by atoms with Crippen LogP contribution in [0.15, 0.2) is 60.7 Å². The van der Waals surface area contributed by atoms with E-state index in [0.29, 0.717) is 6.61 Å². The van der Waals surface area contributed by atoms with Crippen molar-refractivity contribution in [1.29, 1.82) is 0 Å². The number of benzene rings is 2. The number of rotatable bonds is 4. The summed E-state index contributed by atoms with van der Waals surface area (Å²) in [5.41, 5.74) is 1.04. The van der Waals surface area contributed by atoms with E-state index >= 15 is 0 Å². The molecule has 0 aliphatic rings. The predicted molar refractivity (Wildman–Crippen MR) is 66.3 cm³/mol. The molecule has 0 spiro atoms. The molecule has 0 heterocycles. The van der Waals surface area contributed by atoms with E-state index in [-0.39, 0.29) is 0 Å². The minimum Gasteiger partial charge on any atom is -0.322 e.